The number of hydrogen-bond donors (Lipinski definition) is 4. The van der Waals surface area contributed by atoms with Crippen molar-refractivity contribution in [3.05, 3.63) is 72.8 Å². The summed E-state index contributed by atoms with van der Waals surface area (Å²) in [6.45, 7) is 7.27. The maximum atomic E-state index is 10.3. The van der Waals surface area contributed by atoms with Gasteiger partial charge in [0.1, 0.15) is 11.4 Å². The summed E-state index contributed by atoms with van der Waals surface area (Å²) in [5, 5.41) is 31.8. The fourth-order valence-corrected chi connectivity index (χ4v) is 3.07. The highest BCUT2D eigenvalue weighted by molar-refractivity contribution is 6.30. The first-order chi connectivity index (χ1) is 15.0. The van der Waals surface area contributed by atoms with E-state index in [0.717, 1.165) is 28.6 Å². The van der Waals surface area contributed by atoms with Gasteiger partial charge in [-0.2, -0.15) is 0 Å². The van der Waals surface area contributed by atoms with Gasteiger partial charge >= 0.3 is 7.32 Å². The molecule has 0 fully saturated rings. The first-order valence-corrected chi connectivity index (χ1v) is 10.2. The summed E-state index contributed by atoms with van der Waals surface area (Å²) in [4.78, 5) is 2.18. The molecule has 4 rings (SSSR count). The molecule has 0 aromatic heterocycles. The van der Waals surface area contributed by atoms with Crippen LogP contribution in [0.5, 0.6) is 17.2 Å². The maximum Gasteiger partial charge on any atom is 0.631 e. The van der Waals surface area contributed by atoms with Crippen molar-refractivity contribution in [1.82, 2.24) is 0 Å². The van der Waals surface area contributed by atoms with Gasteiger partial charge in [0.2, 0.25) is 0 Å². The van der Waals surface area contributed by atoms with E-state index in [2.05, 4.69) is 4.90 Å². The Kier molecular flexibility index (Phi) is 6.81. The van der Waals surface area contributed by atoms with Gasteiger partial charge in [0.25, 0.3) is 0 Å². The molecular formula is C24H28BNO6. The largest absolute Gasteiger partial charge is 0.631 e. The average Bonchev–Trinajstić information content (AvgIpc) is 2.71. The fourth-order valence-electron chi connectivity index (χ4n) is 3.07. The summed E-state index contributed by atoms with van der Waals surface area (Å²) >= 11 is 0. The molecule has 1 aliphatic rings. The van der Waals surface area contributed by atoms with Crippen molar-refractivity contribution in [2.45, 2.75) is 38.9 Å². The van der Waals surface area contributed by atoms with Crippen LogP contribution < -0.4 is 14.4 Å². The minimum absolute atomic E-state index is 0.714. The van der Waals surface area contributed by atoms with Crippen LogP contribution in [0.1, 0.15) is 27.7 Å². The van der Waals surface area contributed by atoms with E-state index in [1.807, 2.05) is 86.6 Å². The van der Waals surface area contributed by atoms with E-state index in [1.54, 1.807) is 13.8 Å². The number of benzene rings is 3. The van der Waals surface area contributed by atoms with Crippen molar-refractivity contribution in [2.75, 3.05) is 4.90 Å². The average molecular weight is 437 g/mol. The molecule has 7 nitrogen and oxygen atoms in total. The second-order valence-electron chi connectivity index (χ2n) is 8.38. The highest BCUT2D eigenvalue weighted by atomic mass is 16.5. The number of rotatable bonds is 4. The smallest absolute Gasteiger partial charge is 0.485 e. The third-order valence-corrected chi connectivity index (χ3v) is 5.37. The molecule has 0 unspecified atom stereocenters. The van der Waals surface area contributed by atoms with E-state index >= 15 is 0 Å². The standard InChI is InChI=1S/C24H25NO3.BH3O3/c1-23(2,26)24(3,4)28-18-15-13-17(14-16-18)25-19-9-5-7-11-21(19)27-22-12-8-6-10-20(22)25;2-1(3)4/h5-16,26H,1-4H3;2-4H. The molecule has 0 atom stereocenters. The van der Waals surface area contributed by atoms with Gasteiger partial charge in [-0.05, 0) is 76.2 Å². The van der Waals surface area contributed by atoms with Crippen LogP contribution in [0.25, 0.3) is 0 Å². The summed E-state index contributed by atoms with van der Waals surface area (Å²) in [7, 11) is -2.17. The second kappa shape index (κ2) is 9.22. The molecular weight excluding hydrogens is 409 g/mol. The molecule has 0 bridgehead atoms. The van der Waals surface area contributed by atoms with Gasteiger partial charge in [-0.15, -0.1) is 0 Å². The lowest BCUT2D eigenvalue weighted by atomic mass is 9.89. The van der Waals surface area contributed by atoms with Crippen LogP contribution >= 0.6 is 0 Å². The lowest BCUT2D eigenvalue weighted by Gasteiger charge is -2.37. The summed E-state index contributed by atoms with van der Waals surface area (Å²) in [6.07, 6.45) is 0. The van der Waals surface area contributed by atoms with Gasteiger partial charge in [-0.3, -0.25) is 0 Å². The molecule has 1 aliphatic heterocycles. The monoisotopic (exact) mass is 437 g/mol. The number of nitrogens with zero attached hydrogens (tertiary/aromatic N) is 1. The molecule has 4 N–H and O–H groups in total. The van der Waals surface area contributed by atoms with Gasteiger partial charge in [0.05, 0.1) is 17.0 Å². The van der Waals surface area contributed by atoms with E-state index in [4.69, 9.17) is 24.5 Å². The van der Waals surface area contributed by atoms with Crippen LogP contribution in [0, 0.1) is 0 Å². The lowest BCUT2D eigenvalue weighted by molar-refractivity contribution is -0.0906. The quantitative estimate of drug-likeness (QED) is 0.356. The van der Waals surface area contributed by atoms with Crippen LogP contribution in [-0.4, -0.2) is 38.7 Å². The predicted molar refractivity (Wildman–Crippen MR) is 125 cm³/mol. The zero-order chi connectivity index (χ0) is 23.5. The SMILES string of the molecule is CC(C)(O)C(C)(C)Oc1ccc(N2c3ccccc3Oc3ccccc32)cc1.OB(O)O. The van der Waals surface area contributed by atoms with E-state index in [1.165, 1.54) is 0 Å². The third-order valence-electron chi connectivity index (χ3n) is 5.37. The predicted octanol–water partition coefficient (Wildman–Crippen LogP) is 4.14. The fraction of sp³-hybridized carbons (Fsp3) is 0.250. The minimum Gasteiger partial charge on any atom is -0.485 e. The molecule has 3 aromatic carbocycles. The van der Waals surface area contributed by atoms with Crippen LogP contribution in [0.15, 0.2) is 72.8 Å². The van der Waals surface area contributed by atoms with Gasteiger partial charge in [-0.25, -0.2) is 0 Å². The number of aliphatic hydroxyl groups is 1. The lowest BCUT2D eigenvalue weighted by Crippen LogP contribution is -2.49. The van der Waals surface area contributed by atoms with Crippen LogP contribution in [-0.2, 0) is 0 Å². The van der Waals surface area contributed by atoms with Crippen molar-refractivity contribution in [3.63, 3.8) is 0 Å². The Balaban J connectivity index is 0.000000668. The topological polar surface area (TPSA) is 103 Å². The molecule has 0 aliphatic carbocycles. The van der Waals surface area contributed by atoms with Gasteiger partial charge in [0.15, 0.2) is 11.5 Å². The molecule has 0 saturated carbocycles. The molecule has 32 heavy (non-hydrogen) atoms. The third kappa shape index (κ3) is 5.23. The van der Waals surface area contributed by atoms with E-state index in [9.17, 15) is 5.11 Å². The summed E-state index contributed by atoms with van der Waals surface area (Å²) in [5.41, 5.74) is 1.32. The molecule has 0 radical (unpaired) electrons. The molecule has 0 saturated heterocycles. The van der Waals surface area contributed by atoms with Crippen molar-refractivity contribution in [1.29, 1.82) is 0 Å². The number of anilines is 3. The van der Waals surface area contributed by atoms with Crippen molar-refractivity contribution < 1.29 is 29.7 Å². The van der Waals surface area contributed by atoms with Crippen LogP contribution in [0.2, 0.25) is 0 Å². The second-order valence-corrected chi connectivity index (χ2v) is 8.38. The molecule has 0 amide bonds. The Hall–Kier alpha value is -3.04. The first-order valence-electron chi connectivity index (χ1n) is 10.2. The zero-order valence-corrected chi connectivity index (χ0v) is 18.6. The molecule has 3 aromatic rings. The van der Waals surface area contributed by atoms with E-state index in [-0.39, 0.29) is 0 Å². The Morgan fingerprint density at radius 1 is 0.750 bits per heavy atom. The van der Waals surface area contributed by atoms with E-state index < -0.39 is 18.5 Å². The van der Waals surface area contributed by atoms with Crippen molar-refractivity contribution >= 4 is 24.4 Å². The normalized spacial score (nSPS) is 12.6. The van der Waals surface area contributed by atoms with Crippen LogP contribution in [0.4, 0.5) is 17.1 Å². The molecule has 0 spiro atoms. The molecule has 8 heteroatoms. The number of ether oxygens (including phenoxy) is 2. The first kappa shape index (κ1) is 23.6. The minimum atomic E-state index is -2.17. The maximum absolute atomic E-state index is 10.3. The van der Waals surface area contributed by atoms with Crippen LogP contribution in [0.3, 0.4) is 0 Å². The van der Waals surface area contributed by atoms with Gasteiger partial charge in [-0.1, -0.05) is 24.3 Å². The number of para-hydroxylation sites is 4. The number of fused-ring (bicyclic) bond motifs is 2. The number of hydrogen-bond acceptors (Lipinski definition) is 7. The Bertz CT molecular complexity index is 999. The van der Waals surface area contributed by atoms with Crippen molar-refractivity contribution in [2.24, 2.45) is 0 Å². The molecule has 168 valence electrons. The highest BCUT2D eigenvalue weighted by Crippen LogP contribution is 2.50. The Morgan fingerprint density at radius 2 is 1.19 bits per heavy atom. The Labute approximate surface area is 188 Å². The van der Waals surface area contributed by atoms with E-state index in [0.29, 0.717) is 5.75 Å². The van der Waals surface area contributed by atoms with Crippen molar-refractivity contribution in [3.8, 4) is 17.2 Å². The summed E-state index contributed by atoms with van der Waals surface area (Å²) in [5.74, 6) is 2.36. The van der Waals surface area contributed by atoms with Gasteiger partial charge < -0.3 is 34.6 Å². The summed E-state index contributed by atoms with van der Waals surface area (Å²) in [6, 6.07) is 23.9. The highest BCUT2D eigenvalue weighted by Gasteiger charge is 2.37. The zero-order valence-electron chi connectivity index (χ0n) is 18.6. The summed E-state index contributed by atoms with van der Waals surface area (Å²) < 4.78 is 12.1. The molecule has 1 heterocycles. The van der Waals surface area contributed by atoms with Gasteiger partial charge in [0, 0.05) is 5.69 Å². The Morgan fingerprint density at radius 3 is 1.62 bits per heavy atom.